The lowest BCUT2D eigenvalue weighted by molar-refractivity contribution is 0.134. The molecule has 1 aliphatic rings. The van der Waals surface area contributed by atoms with Crippen LogP contribution in [-0.2, 0) is 18.0 Å². The molecule has 1 nitrogen and oxygen atoms in total. The highest BCUT2D eigenvalue weighted by Crippen LogP contribution is 2.34. The third-order valence-electron chi connectivity index (χ3n) is 3.21. The zero-order valence-corrected chi connectivity index (χ0v) is 10.9. The van der Waals surface area contributed by atoms with Crippen LogP contribution in [0.2, 0.25) is 0 Å². The molecule has 0 aromatic heterocycles. The molecular weight excluding hydrogens is 252 g/mol. The maximum Gasteiger partial charge on any atom is 0.0725 e. The van der Waals surface area contributed by atoms with Crippen molar-refractivity contribution in [3.05, 3.63) is 34.9 Å². The topological polar surface area (TPSA) is 9.23 Å². The van der Waals surface area contributed by atoms with E-state index in [1.807, 2.05) is 0 Å². The predicted octanol–water partition coefficient (Wildman–Crippen LogP) is 4.20. The molecule has 2 heteroatoms. The van der Waals surface area contributed by atoms with Crippen molar-refractivity contribution in [1.82, 2.24) is 0 Å². The van der Waals surface area contributed by atoms with Crippen LogP contribution >= 0.6 is 15.9 Å². The number of benzene rings is 1. The summed E-state index contributed by atoms with van der Waals surface area (Å²) in [5.41, 5.74) is 4.09. The molecule has 2 unspecified atom stereocenters. The summed E-state index contributed by atoms with van der Waals surface area (Å²) in [5, 5.41) is 0. The largest absolute Gasteiger partial charge is 0.372 e. The summed E-state index contributed by atoms with van der Waals surface area (Å²) in [6.07, 6.45) is 1.20. The van der Waals surface area contributed by atoms with Gasteiger partial charge in [0.15, 0.2) is 0 Å². The first-order valence-electron chi connectivity index (χ1n) is 5.56. The zero-order valence-electron chi connectivity index (χ0n) is 9.29. The lowest BCUT2D eigenvalue weighted by Crippen LogP contribution is -2.02. The third-order valence-corrected chi connectivity index (χ3v) is 4.64. The monoisotopic (exact) mass is 268 g/mol. The van der Waals surface area contributed by atoms with Crippen LogP contribution in [0.4, 0.5) is 0 Å². The highest BCUT2D eigenvalue weighted by molar-refractivity contribution is 9.09. The number of rotatable bonds is 3. The lowest BCUT2D eigenvalue weighted by Gasteiger charge is -2.17. The van der Waals surface area contributed by atoms with Crippen molar-refractivity contribution in [2.24, 2.45) is 5.92 Å². The number of alkyl halides is 1. The van der Waals surface area contributed by atoms with Gasteiger partial charge in [-0.3, -0.25) is 0 Å². The first-order chi connectivity index (χ1) is 7.22. The zero-order chi connectivity index (χ0) is 10.8. The van der Waals surface area contributed by atoms with Crippen LogP contribution in [0.3, 0.4) is 0 Å². The van der Waals surface area contributed by atoms with Gasteiger partial charge in [0, 0.05) is 4.83 Å². The SMILES string of the molecule is CCC(C)C(Br)c1ccc2c(c1)COC2. The number of hydrogen-bond donors (Lipinski definition) is 0. The van der Waals surface area contributed by atoms with Crippen molar-refractivity contribution in [3.8, 4) is 0 Å². The lowest BCUT2D eigenvalue weighted by atomic mass is 9.96. The molecule has 15 heavy (non-hydrogen) atoms. The fourth-order valence-corrected chi connectivity index (χ4v) is 2.56. The molecule has 0 fully saturated rings. The molecule has 1 aromatic carbocycles. The minimum Gasteiger partial charge on any atom is -0.372 e. The Morgan fingerprint density at radius 1 is 1.33 bits per heavy atom. The van der Waals surface area contributed by atoms with Gasteiger partial charge in [0.1, 0.15) is 0 Å². The van der Waals surface area contributed by atoms with Crippen LogP contribution in [0.25, 0.3) is 0 Å². The van der Waals surface area contributed by atoms with Crippen molar-refractivity contribution in [2.45, 2.75) is 38.3 Å². The van der Waals surface area contributed by atoms with Gasteiger partial charge in [-0.15, -0.1) is 0 Å². The fourth-order valence-electron chi connectivity index (χ4n) is 1.90. The number of halogens is 1. The molecule has 0 amide bonds. The summed E-state index contributed by atoms with van der Waals surface area (Å²) in [5.74, 6) is 0.672. The van der Waals surface area contributed by atoms with Gasteiger partial charge in [-0.2, -0.15) is 0 Å². The molecule has 2 atom stereocenters. The van der Waals surface area contributed by atoms with Crippen molar-refractivity contribution in [3.63, 3.8) is 0 Å². The van der Waals surface area contributed by atoms with Gasteiger partial charge in [-0.25, -0.2) is 0 Å². The predicted molar refractivity (Wildman–Crippen MR) is 66.1 cm³/mol. The highest BCUT2D eigenvalue weighted by atomic mass is 79.9. The number of hydrogen-bond acceptors (Lipinski definition) is 1. The van der Waals surface area contributed by atoms with E-state index in [1.54, 1.807) is 0 Å². The van der Waals surface area contributed by atoms with E-state index < -0.39 is 0 Å². The van der Waals surface area contributed by atoms with E-state index in [0.717, 1.165) is 13.2 Å². The maximum absolute atomic E-state index is 5.42. The van der Waals surface area contributed by atoms with Gasteiger partial charge < -0.3 is 4.74 Å². The Morgan fingerprint density at radius 3 is 2.80 bits per heavy atom. The van der Waals surface area contributed by atoms with Gasteiger partial charge in [0.25, 0.3) is 0 Å². The molecule has 0 N–H and O–H groups in total. The molecular formula is C13H17BrO. The normalized spacial score (nSPS) is 18.6. The Labute approximate surface area is 100.0 Å². The van der Waals surface area contributed by atoms with Crippen molar-refractivity contribution >= 4 is 15.9 Å². The van der Waals surface area contributed by atoms with Crippen molar-refractivity contribution in [1.29, 1.82) is 0 Å². The minimum absolute atomic E-state index is 0.466. The van der Waals surface area contributed by atoms with E-state index in [0.29, 0.717) is 10.7 Å². The third kappa shape index (κ3) is 2.26. The molecule has 1 aliphatic heterocycles. The summed E-state index contributed by atoms with van der Waals surface area (Å²) in [7, 11) is 0. The fraction of sp³-hybridized carbons (Fsp3) is 0.538. The number of ether oxygens (including phenoxy) is 1. The highest BCUT2D eigenvalue weighted by Gasteiger charge is 2.17. The molecule has 0 aliphatic carbocycles. The second-order valence-electron chi connectivity index (χ2n) is 4.31. The first-order valence-corrected chi connectivity index (χ1v) is 6.47. The molecule has 0 radical (unpaired) electrons. The van der Waals surface area contributed by atoms with Gasteiger partial charge >= 0.3 is 0 Å². The summed E-state index contributed by atoms with van der Waals surface area (Å²) >= 11 is 3.78. The molecule has 2 rings (SSSR count). The second-order valence-corrected chi connectivity index (χ2v) is 5.29. The Bertz CT molecular complexity index is 348. The van der Waals surface area contributed by atoms with Crippen LogP contribution in [0, 0.1) is 5.92 Å². The molecule has 1 aromatic rings. The van der Waals surface area contributed by atoms with Crippen LogP contribution in [-0.4, -0.2) is 0 Å². The van der Waals surface area contributed by atoms with Crippen molar-refractivity contribution < 1.29 is 4.74 Å². The minimum atomic E-state index is 0.466. The smallest absolute Gasteiger partial charge is 0.0725 e. The molecule has 0 spiro atoms. The summed E-state index contributed by atoms with van der Waals surface area (Å²) in [6.45, 7) is 6.08. The van der Waals surface area contributed by atoms with E-state index in [2.05, 4.69) is 48.0 Å². The second kappa shape index (κ2) is 4.67. The van der Waals surface area contributed by atoms with Crippen LogP contribution in [0.15, 0.2) is 18.2 Å². The van der Waals surface area contributed by atoms with Gasteiger partial charge in [-0.1, -0.05) is 54.4 Å². The number of fused-ring (bicyclic) bond motifs is 1. The Kier molecular flexibility index (Phi) is 3.47. The Balaban J connectivity index is 2.22. The molecule has 0 saturated heterocycles. The van der Waals surface area contributed by atoms with Crippen molar-refractivity contribution in [2.75, 3.05) is 0 Å². The average molecular weight is 269 g/mol. The van der Waals surface area contributed by atoms with E-state index in [4.69, 9.17) is 4.74 Å². The summed E-state index contributed by atoms with van der Waals surface area (Å²) in [6, 6.07) is 6.71. The van der Waals surface area contributed by atoms with E-state index >= 15 is 0 Å². The van der Waals surface area contributed by atoms with Gasteiger partial charge in [0.05, 0.1) is 13.2 Å². The van der Waals surface area contributed by atoms with Crippen LogP contribution in [0.5, 0.6) is 0 Å². The van der Waals surface area contributed by atoms with Gasteiger partial charge in [-0.05, 0) is 22.6 Å². The van der Waals surface area contributed by atoms with E-state index in [9.17, 15) is 0 Å². The van der Waals surface area contributed by atoms with Crippen LogP contribution in [0.1, 0.15) is 41.8 Å². The summed E-state index contributed by atoms with van der Waals surface area (Å²) < 4.78 is 5.42. The van der Waals surface area contributed by atoms with E-state index in [1.165, 1.54) is 23.1 Å². The molecule has 0 saturated carbocycles. The molecule has 0 bridgehead atoms. The quantitative estimate of drug-likeness (QED) is 0.747. The summed E-state index contributed by atoms with van der Waals surface area (Å²) in [4.78, 5) is 0.466. The molecule has 1 heterocycles. The Hall–Kier alpha value is -0.340. The van der Waals surface area contributed by atoms with Crippen LogP contribution < -0.4 is 0 Å². The average Bonchev–Trinajstić information content (AvgIpc) is 2.73. The first kappa shape index (κ1) is 11.2. The van der Waals surface area contributed by atoms with Gasteiger partial charge in [0.2, 0.25) is 0 Å². The molecule has 82 valence electrons. The maximum atomic E-state index is 5.42. The van der Waals surface area contributed by atoms with E-state index in [-0.39, 0.29) is 0 Å². The Morgan fingerprint density at radius 2 is 2.07 bits per heavy atom. The standard InChI is InChI=1S/C13H17BrO/c1-3-9(2)13(14)10-4-5-11-7-15-8-12(11)6-10/h4-6,9,13H,3,7-8H2,1-2H3.